The molecule has 0 bridgehead atoms. The summed E-state index contributed by atoms with van der Waals surface area (Å²) < 4.78 is 45.7. The fourth-order valence-corrected chi connectivity index (χ4v) is 3.38. The number of phosphoric acid groups is 1. The molecule has 0 radical (unpaired) electrons. The van der Waals surface area contributed by atoms with Crippen molar-refractivity contribution >= 4 is 26.0 Å². The Bertz CT molecular complexity index is 280. The molecule has 0 aromatic heterocycles. The molecule has 0 spiro atoms. The molecule has 124 valence electrons. The van der Waals surface area contributed by atoms with Gasteiger partial charge in [0.15, 0.2) is 0 Å². The summed E-state index contributed by atoms with van der Waals surface area (Å²) in [4.78, 5) is 0. The average Bonchev–Trinajstić information content (AvgIpc) is 2.30. The first-order chi connectivity index (χ1) is 9.30. The van der Waals surface area contributed by atoms with Crippen LogP contribution in [-0.2, 0) is 31.7 Å². The van der Waals surface area contributed by atoms with Crippen molar-refractivity contribution in [2.75, 3.05) is 33.0 Å². The van der Waals surface area contributed by atoms with E-state index in [1.54, 1.807) is 34.6 Å². The maximum atomic E-state index is 11.3. The summed E-state index contributed by atoms with van der Waals surface area (Å²) in [6, 6.07) is 0. The molecule has 0 heterocycles. The van der Waals surface area contributed by atoms with Gasteiger partial charge < -0.3 is 0 Å². The van der Waals surface area contributed by atoms with Crippen molar-refractivity contribution in [1.29, 1.82) is 0 Å². The Labute approximate surface area is 126 Å². The van der Waals surface area contributed by atoms with Crippen molar-refractivity contribution in [1.82, 2.24) is 0 Å². The quantitative estimate of drug-likeness (QED) is 0.530. The van der Waals surface area contributed by atoms with Crippen LogP contribution in [0, 0.1) is 0 Å². The van der Waals surface area contributed by atoms with E-state index in [0.29, 0.717) is 33.0 Å². The van der Waals surface area contributed by atoms with Crippen molar-refractivity contribution in [2.24, 2.45) is 0 Å². The second-order valence-electron chi connectivity index (χ2n) is 2.97. The van der Waals surface area contributed by atoms with Crippen LogP contribution in [0.1, 0.15) is 34.6 Å². The molecular formula is C10H25ClO7P2. The predicted octanol–water partition coefficient (Wildman–Crippen LogP) is 4.61. The van der Waals surface area contributed by atoms with Gasteiger partial charge in [-0.05, 0) is 34.6 Å². The van der Waals surface area contributed by atoms with Gasteiger partial charge in [-0.25, -0.2) is 9.13 Å². The topological polar surface area (TPSA) is 80.3 Å². The Morgan fingerprint density at radius 2 is 0.900 bits per heavy atom. The lowest BCUT2D eigenvalue weighted by Gasteiger charge is -2.14. The molecule has 0 unspecified atom stereocenters. The van der Waals surface area contributed by atoms with E-state index in [4.69, 9.17) is 24.8 Å². The molecule has 0 aromatic rings. The Morgan fingerprint density at radius 3 is 1.10 bits per heavy atom. The summed E-state index contributed by atoms with van der Waals surface area (Å²) in [5.74, 6) is 0. The highest BCUT2D eigenvalue weighted by Gasteiger charge is 2.23. The molecule has 0 amide bonds. The van der Waals surface area contributed by atoms with Gasteiger partial charge >= 0.3 is 14.8 Å². The second kappa shape index (κ2) is 13.2. The monoisotopic (exact) mass is 354 g/mol. The molecule has 0 rings (SSSR count). The van der Waals surface area contributed by atoms with E-state index in [-0.39, 0.29) is 0 Å². The third-order valence-corrected chi connectivity index (χ3v) is 4.87. The van der Waals surface area contributed by atoms with Gasteiger partial charge in [-0.3, -0.25) is 22.6 Å². The highest BCUT2D eigenvalue weighted by molar-refractivity contribution is 7.81. The third-order valence-electron chi connectivity index (χ3n) is 1.43. The van der Waals surface area contributed by atoms with Gasteiger partial charge in [0.2, 0.25) is 0 Å². The maximum absolute atomic E-state index is 11.3. The van der Waals surface area contributed by atoms with Crippen molar-refractivity contribution in [3.63, 3.8) is 0 Å². The SMILES string of the molecule is CCOP(=O)(Cl)OCC.CCOP(=O)(OCC)OCC. The van der Waals surface area contributed by atoms with E-state index < -0.39 is 14.8 Å². The second-order valence-corrected chi connectivity index (χ2v) is 7.26. The molecular weight excluding hydrogens is 330 g/mol. The van der Waals surface area contributed by atoms with Crippen LogP contribution >= 0.6 is 26.0 Å². The fraction of sp³-hybridized carbons (Fsp3) is 1.00. The lowest BCUT2D eigenvalue weighted by atomic mass is 10.9. The fourth-order valence-electron chi connectivity index (χ4n) is 0.932. The van der Waals surface area contributed by atoms with Gasteiger partial charge in [0, 0.05) is 11.2 Å². The summed E-state index contributed by atoms with van der Waals surface area (Å²) in [6.45, 7) is 7.01. The van der Waals surface area contributed by atoms with Crippen LogP contribution in [0.15, 0.2) is 0 Å². The van der Waals surface area contributed by atoms with Crippen molar-refractivity contribution in [2.45, 2.75) is 34.6 Å². The van der Waals surface area contributed by atoms with Crippen LogP contribution in [0.2, 0.25) is 0 Å². The third kappa shape index (κ3) is 13.5. The van der Waals surface area contributed by atoms with Crippen LogP contribution in [-0.4, -0.2) is 33.0 Å². The van der Waals surface area contributed by atoms with Crippen LogP contribution in [0.4, 0.5) is 0 Å². The zero-order valence-electron chi connectivity index (χ0n) is 12.7. The van der Waals surface area contributed by atoms with Crippen LogP contribution in [0.5, 0.6) is 0 Å². The van der Waals surface area contributed by atoms with Gasteiger partial charge in [0.05, 0.1) is 33.0 Å². The molecule has 10 heteroatoms. The minimum absolute atomic E-state index is 0.306. The van der Waals surface area contributed by atoms with E-state index in [1.165, 1.54) is 0 Å². The van der Waals surface area contributed by atoms with Gasteiger partial charge in [-0.2, -0.15) is 0 Å². The Kier molecular flexibility index (Phi) is 15.1. The summed E-state index contributed by atoms with van der Waals surface area (Å²) in [7, 11) is -3.22. The smallest absolute Gasteiger partial charge is 0.297 e. The Hall–Kier alpha value is 0.550. The standard InChI is InChI=1S/C6H15O4P.C4H10ClO3P/c1-4-8-11(7,9-5-2)10-6-3;1-3-7-9(5,6)8-4-2/h4-6H2,1-3H3;3-4H2,1-2H3. The van der Waals surface area contributed by atoms with Gasteiger partial charge in [-0.15, -0.1) is 0 Å². The molecule has 0 N–H and O–H groups in total. The lowest BCUT2D eigenvalue weighted by Crippen LogP contribution is -1.99. The number of rotatable bonds is 10. The largest absolute Gasteiger partial charge is 0.474 e. The molecule has 0 aromatic carbocycles. The maximum Gasteiger partial charge on any atom is 0.474 e. The summed E-state index contributed by atoms with van der Waals surface area (Å²) in [6.07, 6.45) is 0. The van der Waals surface area contributed by atoms with E-state index in [0.717, 1.165) is 0 Å². The van der Waals surface area contributed by atoms with E-state index in [9.17, 15) is 9.13 Å². The lowest BCUT2D eigenvalue weighted by molar-refractivity contribution is 0.126. The first-order valence-electron chi connectivity index (χ1n) is 6.43. The summed E-state index contributed by atoms with van der Waals surface area (Å²) in [5, 5.41) is 0. The number of hydrogen-bond donors (Lipinski definition) is 0. The molecule has 0 fully saturated rings. The highest BCUT2D eigenvalue weighted by Crippen LogP contribution is 2.53. The van der Waals surface area contributed by atoms with Crippen molar-refractivity contribution in [3.8, 4) is 0 Å². The first-order valence-corrected chi connectivity index (χ1v) is 10.3. The van der Waals surface area contributed by atoms with Crippen LogP contribution in [0.25, 0.3) is 0 Å². The van der Waals surface area contributed by atoms with Crippen molar-refractivity contribution in [3.05, 3.63) is 0 Å². The zero-order valence-corrected chi connectivity index (χ0v) is 15.2. The van der Waals surface area contributed by atoms with Crippen molar-refractivity contribution < 1.29 is 31.7 Å². The van der Waals surface area contributed by atoms with E-state index in [1.807, 2.05) is 0 Å². The molecule has 20 heavy (non-hydrogen) atoms. The van der Waals surface area contributed by atoms with Gasteiger partial charge in [-0.1, -0.05) is 0 Å². The normalized spacial score (nSPS) is 11.9. The number of hydrogen-bond acceptors (Lipinski definition) is 7. The van der Waals surface area contributed by atoms with Gasteiger partial charge in [0.1, 0.15) is 0 Å². The number of halogens is 1. The molecule has 0 aliphatic carbocycles. The molecule has 0 aliphatic heterocycles. The highest BCUT2D eigenvalue weighted by atomic mass is 35.7. The average molecular weight is 355 g/mol. The van der Waals surface area contributed by atoms with Gasteiger partial charge in [0.25, 0.3) is 0 Å². The summed E-state index contributed by atoms with van der Waals surface area (Å²) in [5.41, 5.74) is 0. The number of phosphoric ester groups is 1. The van der Waals surface area contributed by atoms with Crippen LogP contribution in [0.3, 0.4) is 0 Å². The summed E-state index contributed by atoms with van der Waals surface area (Å²) >= 11 is 5.25. The molecule has 0 atom stereocenters. The Balaban J connectivity index is 0. The van der Waals surface area contributed by atoms with E-state index in [2.05, 4.69) is 9.05 Å². The zero-order chi connectivity index (χ0) is 16.1. The predicted molar refractivity (Wildman–Crippen MR) is 79.2 cm³/mol. The minimum atomic E-state index is -3.22. The molecule has 0 saturated carbocycles. The molecule has 7 nitrogen and oxygen atoms in total. The Morgan fingerprint density at radius 1 is 0.650 bits per heavy atom. The van der Waals surface area contributed by atoms with Crippen LogP contribution < -0.4 is 0 Å². The minimum Gasteiger partial charge on any atom is -0.297 e. The van der Waals surface area contributed by atoms with E-state index >= 15 is 0 Å². The molecule has 0 saturated heterocycles. The molecule has 0 aliphatic rings. The first kappa shape index (κ1) is 22.8.